The molecule has 0 aliphatic rings. The van der Waals surface area contributed by atoms with E-state index in [9.17, 15) is 5.11 Å². The fourth-order valence-electron chi connectivity index (χ4n) is 1.10. The standard InChI is InChI=1S/C9H13NO.C2H6O2Si/c10-7-3-5-8-4-1-2-6-9(8)11;1-3-5-4-2/h1-2,4,6,11H,3,5,7,10H2;1-2H3. The topological polar surface area (TPSA) is 64.7 Å². The number of para-hydroxylation sites is 1. The zero-order valence-corrected chi connectivity index (χ0v) is 10.8. The molecule has 4 nitrogen and oxygen atoms in total. The Hall–Kier alpha value is -0.883. The highest BCUT2D eigenvalue weighted by atomic mass is 28.3. The number of aromatic hydroxyl groups is 1. The highest BCUT2D eigenvalue weighted by Crippen LogP contribution is 2.16. The van der Waals surface area contributed by atoms with Crippen molar-refractivity contribution in [1.29, 1.82) is 0 Å². The number of phenolic OH excluding ortho intramolecular Hbond substituents is 1. The van der Waals surface area contributed by atoms with Crippen molar-refractivity contribution in [3.8, 4) is 5.75 Å². The van der Waals surface area contributed by atoms with Crippen molar-refractivity contribution in [2.24, 2.45) is 5.73 Å². The molecule has 0 unspecified atom stereocenters. The summed E-state index contributed by atoms with van der Waals surface area (Å²) in [4.78, 5) is 0. The monoisotopic (exact) mass is 241 g/mol. The van der Waals surface area contributed by atoms with Crippen molar-refractivity contribution >= 4 is 10.0 Å². The Morgan fingerprint density at radius 1 is 1.25 bits per heavy atom. The molecule has 90 valence electrons. The lowest BCUT2D eigenvalue weighted by atomic mass is 10.1. The van der Waals surface area contributed by atoms with Crippen LogP contribution in [0.15, 0.2) is 24.3 Å². The predicted octanol–water partition coefficient (Wildman–Crippen LogP) is 1.10. The second kappa shape index (κ2) is 10.6. The fraction of sp³-hybridized carbons (Fsp3) is 0.455. The van der Waals surface area contributed by atoms with Gasteiger partial charge >= 0.3 is 10.0 Å². The van der Waals surface area contributed by atoms with E-state index < -0.39 is 0 Å². The lowest BCUT2D eigenvalue weighted by Gasteiger charge is -2.01. The Kier molecular flexibility index (Phi) is 10.0. The third-order valence-electron chi connectivity index (χ3n) is 1.81. The summed E-state index contributed by atoms with van der Waals surface area (Å²) in [7, 11) is 3.40. The van der Waals surface area contributed by atoms with Crippen LogP contribution in [0.5, 0.6) is 5.75 Å². The molecule has 2 radical (unpaired) electrons. The highest BCUT2D eigenvalue weighted by molar-refractivity contribution is 6.17. The van der Waals surface area contributed by atoms with Crippen molar-refractivity contribution < 1.29 is 14.0 Å². The zero-order chi connectivity index (χ0) is 12.2. The largest absolute Gasteiger partial charge is 0.508 e. The van der Waals surface area contributed by atoms with Crippen molar-refractivity contribution in [1.82, 2.24) is 0 Å². The van der Waals surface area contributed by atoms with Crippen LogP contribution in [0.3, 0.4) is 0 Å². The lowest BCUT2D eigenvalue weighted by Crippen LogP contribution is -2.00. The van der Waals surface area contributed by atoms with Crippen LogP contribution in [0.2, 0.25) is 0 Å². The first-order valence-electron chi connectivity index (χ1n) is 5.04. The molecule has 16 heavy (non-hydrogen) atoms. The molecule has 0 heterocycles. The minimum Gasteiger partial charge on any atom is -0.508 e. The van der Waals surface area contributed by atoms with Crippen LogP contribution >= 0.6 is 0 Å². The third-order valence-corrected chi connectivity index (χ3v) is 2.14. The van der Waals surface area contributed by atoms with Gasteiger partial charge in [-0.3, -0.25) is 0 Å². The minimum atomic E-state index is 0.198. The zero-order valence-electron chi connectivity index (χ0n) is 9.77. The Balaban J connectivity index is 0.000000385. The average Bonchev–Trinajstić information content (AvgIpc) is 2.30. The van der Waals surface area contributed by atoms with Crippen LogP contribution in [-0.2, 0) is 15.3 Å². The number of phenols is 1. The summed E-state index contributed by atoms with van der Waals surface area (Å²) in [5.41, 5.74) is 6.33. The van der Waals surface area contributed by atoms with Crippen LogP contribution in [0, 0.1) is 0 Å². The Morgan fingerprint density at radius 3 is 2.31 bits per heavy atom. The van der Waals surface area contributed by atoms with Crippen molar-refractivity contribution in [3.63, 3.8) is 0 Å². The molecule has 0 fully saturated rings. The smallest absolute Gasteiger partial charge is 0.432 e. The van der Waals surface area contributed by atoms with E-state index in [1.807, 2.05) is 18.2 Å². The second-order valence-corrected chi connectivity index (χ2v) is 4.00. The molecule has 0 saturated heterocycles. The summed E-state index contributed by atoms with van der Waals surface area (Å²) in [6.45, 7) is 0.675. The van der Waals surface area contributed by atoms with E-state index in [1.165, 1.54) is 0 Å². The molecular formula is C11H19NO3Si. The molecule has 1 aromatic carbocycles. The molecule has 0 spiro atoms. The molecule has 0 aliphatic carbocycles. The first kappa shape index (κ1) is 15.1. The SMILES string of the molecule is CO[Si]OC.NCCCc1ccccc1O. The van der Waals surface area contributed by atoms with Gasteiger partial charge in [-0.25, -0.2) is 0 Å². The molecule has 0 aromatic heterocycles. The lowest BCUT2D eigenvalue weighted by molar-refractivity contribution is 0.309. The normalized spacial score (nSPS) is 9.44. The van der Waals surface area contributed by atoms with Crippen LogP contribution < -0.4 is 5.73 Å². The molecule has 0 aliphatic heterocycles. The van der Waals surface area contributed by atoms with Crippen molar-refractivity contribution in [2.45, 2.75) is 12.8 Å². The van der Waals surface area contributed by atoms with E-state index in [2.05, 4.69) is 8.85 Å². The number of aryl methyl sites for hydroxylation is 1. The van der Waals surface area contributed by atoms with Crippen LogP contribution in [0.25, 0.3) is 0 Å². The fourth-order valence-corrected chi connectivity index (χ4v) is 1.26. The summed E-state index contributed by atoms with van der Waals surface area (Å²) in [5.74, 6) is 0.376. The molecule has 0 bridgehead atoms. The maximum atomic E-state index is 9.30. The van der Waals surface area contributed by atoms with E-state index in [4.69, 9.17) is 5.73 Å². The van der Waals surface area contributed by atoms with E-state index in [1.54, 1.807) is 20.3 Å². The second-order valence-electron chi connectivity index (χ2n) is 3.01. The molecular weight excluding hydrogens is 222 g/mol. The molecule has 0 saturated carbocycles. The number of rotatable bonds is 5. The Morgan fingerprint density at radius 2 is 1.88 bits per heavy atom. The number of hydrogen-bond donors (Lipinski definition) is 2. The molecule has 5 heteroatoms. The Bertz CT molecular complexity index is 269. The number of hydrogen-bond acceptors (Lipinski definition) is 4. The number of benzene rings is 1. The molecule has 1 rings (SSSR count). The quantitative estimate of drug-likeness (QED) is 0.758. The molecule has 1 aromatic rings. The number of nitrogens with two attached hydrogens (primary N) is 1. The van der Waals surface area contributed by atoms with Gasteiger partial charge in [0.2, 0.25) is 0 Å². The summed E-state index contributed by atoms with van der Waals surface area (Å²) in [6, 6.07) is 7.36. The van der Waals surface area contributed by atoms with Gasteiger partial charge < -0.3 is 19.7 Å². The van der Waals surface area contributed by atoms with E-state index >= 15 is 0 Å². The molecule has 0 amide bonds. The third kappa shape index (κ3) is 7.41. The average molecular weight is 241 g/mol. The van der Waals surface area contributed by atoms with Gasteiger partial charge in [-0.1, -0.05) is 18.2 Å². The summed E-state index contributed by atoms with van der Waals surface area (Å²) in [6.07, 6.45) is 1.79. The van der Waals surface area contributed by atoms with E-state index in [0.717, 1.165) is 18.4 Å². The summed E-state index contributed by atoms with van der Waals surface area (Å²) < 4.78 is 8.99. The van der Waals surface area contributed by atoms with Gasteiger partial charge in [0, 0.05) is 14.2 Å². The minimum absolute atomic E-state index is 0.198. The van der Waals surface area contributed by atoms with Gasteiger partial charge in [-0.2, -0.15) is 0 Å². The Labute approximate surface area is 99.4 Å². The van der Waals surface area contributed by atoms with Gasteiger partial charge in [-0.05, 0) is 31.0 Å². The van der Waals surface area contributed by atoms with Gasteiger partial charge in [-0.15, -0.1) is 0 Å². The van der Waals surface area contributed by atoms with Crippen molar-refractivity contribution in [2.75, 3.05) is 20.8 Å². The van der Waals surface area contributed by atoms with Crippen LogP contribution in [-0.4, -0.2) is 35.9 Å². The summed E-state index contributed by atoms with van der Waals surface area (Å²) in [5, 5.41) is 9.30. The molecule has 0 atom stereocenters. The van der Waals surface area contributed by atoms with Crippen molar-refractivity contribution in [3.05, 3.63) is 29.8 Å². The molecule has 3 N–H and O–H groups in total. The first-order valence-corrected chi connectivity index (χ1v) is 5.85. The van der Waals surface area contributed by atoms with Crippen LogP contribution in [0.1, 0.15) is 12.0 Å². The van der Waals surface area contributed by atoms with E-state index in [0.29, 0.717) is 12.3 Å². The maximum absolute atomic E-state index is 9.30. The van der Waals surface area contributed by atoms with Gasteiger partial charge in [0.15, 0.2) is 0 Å². The first-order chi connectivity index (χ1) is 7.76. The maximum Gasteiger partial charge on any atom is 0.432 e. The summed E-state index contributed by atoms with van der Waals surface area (Å²) >= 11 is 0. The van der Waals surface area contributed by atoms with E-state index in [-0.39, 0.29) is 10.0 Å². The highest BCUT2D eigenvalue weighted by Gasteiger charge is 1.96. The van der Waals surface area contributed by atoms with Gasteiger partial charge in [0.1, 0.15) is 5.75 Å². The predicted molar refractivity (Wildman–Crippen MR) is 65.3 cm³/mol. The van der Waals surface area contributed by atoms with Gasteiger partial charge in [0.25, 0.3) is 0 Å². The van der Waals surface area contributed by atoms with Gasteiger partial charge in [0.05, 0.1) is 0 Å². The van der Waals surface area contributed by atoms with Crippen LogP contribution in [0.4, 0.5) is 0 Å².